The fourth-order valence-corrected chi connectivity index (χ4v) is 3.05. The number of thiazole rings is 1. The zero-order chi connectivity index (χ0) is 14.8. The van der Waals surface area contributed by atoms with E-state index in [1.807, 2.05) is 6.07 Å². The first kappa shape index (κ1) is 13.5. The number of aryl methyl sites for hydroxylation is 2. The summed E-state index contributed by atoms with van der Waals surface area (Å²) in [5.74, 6) is -0.490. The summed E-state index contributed by atoms with van der Waals surface area (Å²) in [7, 11) is 0. The number of nitrogens with one attached hydrogen (secondary N) is 1. The van der Waals surface area contributed by atoms with E-state index in [4.69, 9.17) is 5.11 Å². The molecule has 0 amide bonds. The third-order valence-electron chi connectivity index (χ3n) is 3.35. The third-order valence-corrected chi connectivity index (χ3v) is 4.20. The lowest BCUT2D eigenvalue weighted by atomic mass is 10.1. The summed E-state index contributed by atoms with van der Waals surface area (Å²) in [6.07, 6.45) is 2.99. The Kier molecular flexibility index (Phi) is 3.54. The number of anilines is 1. The normalized spacial score (nSPS) is 12.7. The van der Waals surface area contributed by atoms with Crippen LogP contribution in [0, 0.1) is 11.3 Å². The molecule has 0 radical (unpaired) electrons. The van der Waals surface area contributed by atoms with Gasteiger partial charge in [-0.2, -0.15) is 5.26 Å². The molecular weight excluding hydrogens is 288 g/mol. The molecule has 6 nitrogen and oxygen atoms in total. The van der Waals surface area contributed by atoms with Crippen molar-refractivity contribution in [1.29, 1.82) is 5.26 Å². The zero-order valence-electron chi connectivity index (χ0n) is 11.1. The Morgan fingerprint density at radius 3 is 3.05 bits per heavy atom. The SMILES string of the molecule is N#Cc1cc2c(nc1NCc1nc(C(=O)O)cs1)CCC2. The number of hydrogen-bond acceptors (Lipinski definition) is 6. The second-order valence-electron chi connectivity index (χ2n) is 4.74. The summed E-state index contributed by atoms with van der Waals surface area (Å²) >= 11 is 1.27. The largest absolute Gasteiger partial charge is 0.476 e. The van der Waals surface area contributed by atoms with Crippen molar-refractivity contribution in [3.63, 3.8) is 0 Å². The third kappa shape index (κ3) is 2.71. The molecule has 0 aliphatic heterocycles. The van der Waals surface area contributed by atoms with Crippen molar-refractivity contribution in [3.05, 3.63) is 39.0 Å². The molecule has 2 N–H and O–H groups in total. The zero-order valence-corrected chi connectivity index (χ0v) is 11.9. The van der Waals surface area contributed by atoms with E-state index in [1.54, 1.807) is 0 Å². The topological polar surface area (TPSA) is 98.9 Å². The van der Waals surface area contributed by atoms with E-state index < -0.39 is 5.97 Å². The second kappa shape index (κ2) is 5.50. The van der Waals surface area contributed by atoms with Crippen LogP contribution >= 0.6 is 11.3 Å². The molecule has 7 heteroatoms. The monoisotopic (exact) mass is 300 g/mol. The Bertz CT molecular complexity index is 748. The molecule has 2 aromatic heterocycles. The Labute approximate surface area is 125 Å². The van der Waals surface area contributed by atoms with E-state index >= 15 is 0 Å². The lowest BCUT2D eigenvalue weighted by Gasteiger charge is -2.08. The highest BCUT2D eigenvalue weighted by Gasteiger charge is 2.16. The smallest absolute Gasteiger partial charge is 0.355 e. The van der Waals surface area contributed by atoms with Crippen LogP contribution in [0.2, 0.25) is 0 Å². The fraction of sp³-hybridized carbons (Fsp3) is 0.286. The van der Waals surface area contributed by atoms with E-state index in [0.717, 1.165) is 30.5 Å². The second-order valence-corrected chi connectivity index (χ2v) is 5.68. The standard InChI is InChI=1S/C14H12N4O2S/c15-5-9-4-8-2-1-3-10(8)18-13(9)16-6-12-17-11(7-21-12)14(19)20/h4,7H,1-3,6H2,(H,16,18)(H,19,20). The van der Waals surface area contributed by atoms with Crippen molar-refractivity contribution in [2.45, 2.75) is 25.8 Å². The van der Waals surface area contributed by atoms with Crippen LogP contribution in [0.25, 0.3) is 0 Å². The van der Waals surface area contributed by atoms with Crippen LogP contribution in [-0.4, -0.2) is 21.0 Å². The molecule has 106 valence electrons. The number of aromatic carboxylic acids is 1. The van der Waals surface area contributed by atoms with Crippen LogP contribution in [0.15, 0.2) is 11.4 Å². The average Bonchev–Trinajstić information content (AvgIpc) is 3.12. The summed E-state index contributed by atoms with van der Waals surface area (Å²) < 4.78 is 0. The van der Waals surface area contributed by atoms with Crippen molar-refractivity contribution in [2.75, 3.05) is 5.32 Å². The molecule has 2 heterocycles. The lowest BCUT2D eigenvalue weighted by Crippen LogP contribution is -2.06. The molecule has 0 saturated heterocycles. The van der Waals surface area contributed by atoms with Gasteiger partial charge in [-0.15, -0.1) is 11.3 Å². The maximum atomic E-state index is 10.8. The fourth-order valence-electron chi connectivity index (χ4n) is 2.34. The van der Waals surface area contributed by atoms with Crippen molar-refractivity contribution in [1.82, 2.24) is 9.97 Å². The highest BCUT2D eigenvalue weighted by Crippen LogP contribution is 2.25. The van der Waals surface area contributed by atoms with E-state index in [9.17, 15) is 10.1 Å². The van der Waals surface area contributed by atoms with Gasteiger partial charge in [0.05, 0.1) is 12.1 Å². The number of rotatable bonds is 4. The van der Waals surface area contributed by atoms with Crippen LogP contribution in [0.4, 0.5) is 5.82 Å². The summed E-state index contributed by atoms with van der Waals surface area (Å²) in [6, 6.07) is 4.04. The Morgan fingerprint density at radius 2 is 2.33 bits per heavy atom. The van der Waals surface area contributed by atoms with Gasteiger partial charge < -0.3 is 10.4 Å². The van der Waals surface area contributed by atoms with Crippen LogP contribution in [-0.2, 0) is 19.4 Å². The Hall–Kier alpha value is -2.46. The van der Waals surface area contributed by atoms with Gasteiger partial charge in [-0.25, -0.2) is 14.8 Å². The minimum atomic E-state index is -1.04. The molecule has 0 unspecified atom stereocenters. The Morgan fingerprint density at radius 1 is 1.48 bits per heavy atom. The molecule has 1 aliphatic rings. The lowest BCUT2D eigenvalue weighted by molar-refractivity contribution is 0.0691. The van der Waals surface area contributed by atoms with Gasteiger partial charge in [0.2, 0.25) is 0 Å². The first-order valence-corrected chi connectivity index (χ1v) is 7.40. The number of aromatic nitrogens is 2. The van der Waals surface area contributed by atoms with Crippen molar-refractivity contribution >= 4 is 23.1 Å². The van der Waals surface area contributed by atoms with E-state index in [0.29, 0.717) is 22.9 Å². The number of carboxylic acid groups (broad SMARTS) is 1. The maximum Gasteiger partial charge on any atom is 0.355 e. The van der Waals surface area contributed by atoms with Crippen molar-refractivity contribution in [2.24, 2.45) is 0 Å². The first-order chi connectivity index (χ1) is 10.2. The van der Waals surface area contributed by atoms with Crippen LogP contribution in [0.3, 0.4) is 0 Å². The number of fused-ring (bicyclic) bond motifs is 1. The molecule has 1 aliphatic carbocycles. The molecule has 0 atom stereocenters. The quantitative estimate of drug-likeness (QED) is 0.898. The van der Waals surface area contributed by atoms with Crippen LogP contribution < -0.4 is 5.32 Å². The highest BCUT2D eigenvalue weighted by atomic mass is 32.1. The molecule has 0 fully saturated rings. The predicted octanol–water partition coefficient (Wildman–Crippen LogP) is 2.21. The van der Waals surface area contributed by atoms with Crippen LogP contribution in [0.1, 0.15) is 38.7 Å². The Balaban J connectivity index is 1.78. The minimum absolute atomic E-state index is 0.0409. The van der Waals surface area contributed by atoms with Gasteiger partial charge in [0.15, 0.2) is 5.69 Å². The van der Waals surface area contributed by atoms with Crippen molar-refractivity contribution < 1.29 is 9.90 Å². The summed E-state index contributed by atoms with van der Waals surface area (Å²) in [5.41, 5.74) is 2.76. The summed E-state index contributed by atoms with van der Waals surface area (Å²) in [5, 5.41) is 23.3. The molecule has 3 rings (SSSR count). The van der Waals surface area contributed by atoms with Gasteiger partial charge >= 0.3 is 5.97 Å². The van der Waals surface area contributed by atoms with Gasteiger partial charge in [0.25, 0.3) is 0 Å². The van der Waals surface area contributed by atoms with E-state index in [-0.39, 0.29) is 5.69 Å². The van der Waals surface area contributed by atoms with Crippen LogP contribution in [0.5, 0.6) is 0 Å². The minimum Gasteiger partial charge on any atom is -0.476 e. The highest BCUT2D eigenvalue weighted by molar-refractivity contribution is 7.09. The van der Waals surface area contributed by atoms with Gasteiger partial charge in [-0.3, -0.25) is 0 Å². The number of hydrogen-bond donors (Lipinski definition) is 2. The molecule has 0 saturated carbocycles. The number of nitriles is 1. The predicted molar refractivity (Wildman–Crippen MR) is 77.4 cm³/mol. The average molecular weight is 300 g/mol. The molecule has 2 aromatic rings. The molecule has 21 heavy (non-hydrogen) atoms. The van der Waals surface area contributed by atoms with Gasteiger partial charge in [0.1, 0.15) is 16.9 Å². The van der Waals surface area contributed by atoms with Gasteiger partial charge in [0, 0.05) is 11.1 Å². The van der Waals surface area contributed by atoms with E-state index in [1.165, 1.54) is 16.7 Å². The number of carbonyl (C=O) groups is 1. The molecule has 0 bridgehead atoms. The first-order valence-electron chi connectivity index (χ1n) is 6.52. The summed E-state index contributed by atoms with van der Waals surface area (Å²) in [4.78, 5) is 19.3. The number of nitrogens with zero attached hydrogens (tertiary/aromatic N) is 3. The van der Waals surface area contributed by atoms with Gasteiger partial charge in [-0.1, -0.05) is 0 Å². The van der Waals surface area contributed by atoms with Gasteiger partial charge in [-0.05, 0) is 30.9 Å². The van der Waals surface area contributed by atoms with E-state index in [2.05, 4.69) is 21.4 Å². The molecule has 0 aromatic carbocycles. The molecule has 0 spiro atoms. The molecular formula is C14H12N4O2S. The maximum absolute atomic E-state index is 10.8. The number of pyridine rings is 1. The summed E-state index contributed by atoms with van der Waals surface area (Å²) in [6.45, 7) is 0.360. The van der Waals surface area contributed by atoms with Crippen molar-refractivity contribution in [3.8, 4) is 6.07 Å². The number of carboxylic acids is 1.